The lowest BCUT2D eigenvalue weighted by Crippen LogP contribution is -2.20. The Balaban J connectivity index is 2.26. The molecule has 1 atom stereocenters. The maximum Gasteiger partial charge on any atom is 0.134 e. The molecule has 0 aliphatic heterocycles. The molecule has 4 heteroatoms. The van der Waals surface area contributed by atoms with Crippen LogP contribution in [0.5, 0.6) is 0 Å². The minimum absolute atomic E-state index is 0.233. The molecule has 0 aliphatic rings. The first-order valence-corrected chi connectivity index (χ1v) is 6.17. The first-order valence-electron chi connectivity index (χ1n) is 6.17. The summed E-state index contributed by atoms with van der Waals surface area (Å²) in [6.07, 6.45) is 1.06. The molecule has 3 nitrogen and oxygen atoms in total. The number of aliphatic hydroxyl groups excluding tert-OH is 1. The summed E-state index contributed by atoms with van der Waals surface area (Å²) in [5.41, 5.74) is 1.34. The predicted octanol–water partition coefficient (Wildman–Crippen LogP) is 2.91. The maximum atomic E-state index is 13.6. The molecule has 0 unspecified atom stereocenters. The zero-order chi connectivity index (χ0) is 13.8. The van der Waals surface area contributed by atoms with E-state index >= 15 is 0 Å². The van der Waals surface area contributed by atoms with Crippen molar-refractivity contribution in [1.29, 1.82) is 0 Å². The fourth-order valence-electron chi connectivity index (χ4n) is 2.01. The van der Waals surface area contributed by atoms with E-state index in [0.29, 0.717) is 17.9 Å². The summed E-state index contributed by atoms with van der Waals surface area (Å²) < 4.78 is 13.6. The Hall–Kier alpha value is -1.94. The lowest BCUT2D eigenvalue weighted by atomic mass is 10.1. The van der Waals surface area contributed by atoms with E-state index in [9.17, 15) is 9.50 Å². The molecule has 1 heterocycles. The molecule has 0 bridgehead atoms. The molecule has 1 aromatic heterocycles. The number of hydrogen-bond donors (Lipinski definition) is 1. The van der Waals surface area contributed by atoms with Crippen molar-refractivity contribution in [1.82, 2.24) is 4.98 Å². The van der Waals surface area contributed by atoms with Gasteiger partial charge in [-0.3, -0.25) is 0 Å². The number of pyridine rings is 1. The normalized spacial score (nSPS) is 12.2. The van der Waals surface area contributed by atoms with Gasteiger partial charge in [0, 0.05) is 30.9 Å². The Labute approximate surface area is 112 Å². The summed E-state index contributed by atoms with van der Waals surface area (Å²) in [5.74, 6) is 0.435. The SMILES string of the molecule is C[C@@H](O)c1cccnc1N(C)Cc1ccccc1F. The third-order valence-electron chi connectivity index (χ3n) is 2.99. The van der Waals surface area contributed by atoms with Gasteiger partial charge >= 0.3 is 0 Å². The number of anilines is 1. The second-order valence-corrected chi connectivity index (χ2v) is 4.54. The highest BCUT2D eigenvalue weighted by Gasteiger charge is 2.13. The average molecular weight is 260 g/mol. The average Bonchev–Trinajstić information content (AvgIpc) is 2.41. The third-order valence-corrected chi connectivity index (χ3v) is 2.99. The standard InChI is InChI=1S/C15H17FN2O/c1-11(19)13-7-5-9-17-15(13)18(2)10-12-6-3-4-8-14(12)16/h3-9,11,19H,10H2,1-2H3/t11-/m1/s1. The van der Waals surface area contributed by atoms with Gasteiger partial charge in [-0.15, -0.1) is 0 Å². The van der Waals surface area contributed by atoms with Crippen LogP contribution in [0.15, 0.2) is 42.6 Å². The van der Waals surface area contributed by atoms with Gasteiger partial charge < -0.3 is 10.0 Å². The molecule has 1 N–H and O–H groups in total. The minimum Gasteiger partial charge on any atom is -0.389 e. The molecule has 0 amide bonds. The van der Waals surface area contributed by atoms with Crippen molar-refractivity contribution in [2.45, 2.75) is 19.6 Å². The lowest BCUT2D eigenvalue weighted by Gasteiger charge is -2.22. The largest absolute Gasteiger partial charge is 0.389 e. The molecular weight excluding hydrogens is 243 g/mol. The van der Waals surface area contributed by atoms with E-state index < -0.39 is 6.10 Å². The van der Waals surface area contributed by atoms with Crippen molar-refractivity contribution in [3.63, 3.8) is 0 Å². The highest BCUT2D eigenvalue weighted by molar-refractivity contribution is 5.47. The monoisotopic (exact) mass is 260 g/mol. The number of nitrogens with zero attached hydrogens (tertiary/aromatic N) is 2. The molecule has 0 fully saturated rings. The summed E-state index contributed by atoms with van der Waals surface area (Å²) >= 11 is 0. The van der Waals surface area contributed by atoms with E-state index in [2.05, 4.69) is 4.98 Å². The summed E-state index contributed by atoms with van der Waals surface area (Å²) in [6.45, 7) is 2.10. The van der Waals surface area contributed by atoms with Crippen LogP contribution in [0.2, 0.25) is 0 Å². The van der Waals surface area contributed by atoms with Crippen LogP contribution in [-0.2, 0) is 6.54 Å². The lowest BCUT2D eigenvalue weighted by molar-refractivity contribution is 0.199. The molecular formula is C15H17FN2O. The summed E-state index contributed by atoms with van der Waals surface area (Å²) in [7, 11) is 1.83. The summed E-state index contributed by atoms with van der Waals surface area (Å²) in [6, 6.07) is 10.3. The zero-order valence-electron chi connectivity index (χ0n) is 11.0. The molecule has 2 aromatic rings. The van der Waals surface area contributed by atoms with Crippen LogP contribution in [-0.4, -0.2) is 17.1 Å². The number of halogens is 1. The second-order valence-electron chi connectivity index (χ2n) is 4.54. The van der Waals surface area contributed by atoms with E-state index in [-0.39, 0.29) is 5.82 Å². The molecule has 1 aromatic carbocycles. The number of rotatable bonds is 4. The van der Waals surface area contributed by atoms with Crippen LogP contribution in [0.3, 0.4) is 0 Å². The smallest absolute Gasteiger partial charge is 0.134 e. The fraction of sp³-hybridized carbons (Fsp3) is 0.267. The van der Waals surface area contributed by atoms with Gasteiger partial charge in [0.15, 0.2) is 0 Å². The first kappa shape index (κ1) is 13.5. The summed E-state index contributed by atoms with van der Waals surface area (Å²) in [4.78, 5) is 6.10. The van der Waals surface area contributed by atoms with Crippen LogP contribution < -0.4 is 4.90 Å². The molecule has 100 valence electrons. The van der Waals surface area contributed by atoms with Crippen LogP contribution in [0.1, 0.15) is 24.2 Å². The quantitative estimate of drug-likeness (QED) is 0.918. The first-order chi connectivity index (χ1) is 9.09. The number of aromatic nitrogens is 1. The fourth-order valence-corrected chi connectivity index (χ4v) is 2.01. The number of benzene rings is 1. The predicted molar refractivity (Wildman–Crippen MR) is 73.4 cm³/mol. The highest BCUT2D eigenvalue weighted by Crippen LogP contribution is 2.24. The Morgan fingerprint density at radius 2 is 2.00 bits per heavy atom. The highest BCUT2D eigenvalue weighted by atomic mass is 19.1. The Bertz CT molecular complexity index is 557. The summed E-state index contributed by atoms with van der Waals surface area (Å²) in [5, 5.41) is 9.73. The van der Waals surface area contributed by atoms with E-state index in [1.54, 1.807) is 37.4 Å². The third kappa shape index (κ3) is 3.09. The topological polar surface area (TPSA) is 36.4 Å². The van der Waals surface area contributed by atoms with Crippen molar-refractivity contribution in [3.8, 4) is 0 Å². The second kappa shape index (κ2) is 5.80. The van der Waals surface area contributed by atoms with Gasteiger partial charge in [-0.05, 0) is 19.1 Å². The molecule has 0 saturated heterocycles. The Kier molecular flexibility index (Phi) is 4.12. The maximum absolute atomic E-state index is 13.6. The van der Waals surface area contributed by atoms with Crippen LogP contribution in [0.4, 0.5) is 10.2 Å². The number of hydrogen-bond acceptors (Lipinski definition) is 3. The van der Waals surface area contributed by atoms with Gasteiger partial charge in [-0.1, -0.05) is 24.3 Å². The Morgan fingerprint density at radius 1 is 1.26 bits per heavy atom. The number of aliphatic hydroxyl groups is 1. The van der Waals surface area contributed by atoms with Crippen LogP contribution in [0.25, 0.3) is 0 Å². The van der Waals surface area contributed by atoms with Crippen LogP contribution in [0, 0.1) is 5.82 Å². The van der Waals surface area contributed by atoms with Gasteiger partial charge in [0.25, 0.3) is 0 Å². The molecule has 0 aliphatic carbocycles. The van der Waals surface area contributed by atoms with Crippen molar-refractivity contribution in [3.05, 3.63) is 59.5 Å². The van der Waals surface area contributed by atoms with E-state index in [1.807, 2.05) is 18.0 Å². The van der Waals surface area contributed by atoms with Crippen molar-refractivity contribution in [2.24, 2.45) is 0 Å². The van der Waals surface area contributed by atoms with Crippen molar-refractivity contribution < 1.29 is 9.50 Å². The van der Waals surface area contributed by atoms with Crippen molar-refractivity contribution >= 4 is 5.82 Å². The minimum atomic E-state index is -0.605. The van der Waals surface area contributed by atoms with Gasteiger partial charge in [0.2, 0.25) is 0 Å². The molecule has 0 radical (unpaired) electrons. The van der Waals surface area contributed by atoms with Gasteiger partial charge in [-0.2, -0.15) is 0 Å². The van der Waals surface area contributed by atoms with Gasteiger partial charge in [-0.25, -0.2) is 9.37 Å². The van der Waals surface area contributed by atoms with Gasteiger partial charge in [0.1, 0.15) is 11.6 Å². The van der Waals surface area contributed by atoms with E-state index in [0.717, 1.165) is 5.56 Å². The Morgan fingerprint density at radius 3 is 2.68 bits per heavy atom. The van der Waals surface area contributed by atoms with Gasteiger partial charge in [0.05, 0.1) is 6.10 Å². The molecule has 0 spiro atoms. The molecule has 2 rings (SSSR count). The molecule has 19 heavy (non-hydrogen) atoms. The van der Waals surface area contributed by atoms with E-state index in [1.165, 1.54) is 6.07 Å². The van der Waals surface area contributed by atoms with E-state index in [4.69, 9.17) is 0 Å². The van der Waals surface area contributed by atoms with Crippen molar-refractivity contribution in [2.75, 3.05) is 11.9 Å². The van der Waals surface area contributed by atoms with Crippen LogP contribution >= 0.6 is 0 Å². The zero-order valence-corrected chi connectivity index (χ0v) is 11.0. The molecule has 0 saturated carbocycles.